The predicted molar refractivity (Wildman–Crippen MR) is 261 cm³/mol. The van der Waals surface area contributed by atoms with Gasteiger partial charge in [0.1, 0.15) is 0 Å². The molecule has 0 N–H and O–H groups in total. The van der Waals surface area contributed by atoms with Crippen LogP contribution in [0.3, 0.4) is 0 Å². The van der Waals surface area contributed by atoms with Gasteiger partial charge < -0.3 is 9.80 Å². The average Bonchev–Trinajstić information content (AvgIpc) is 3.65. The smallest absolute Gasteiger partial charge is 0.0502 e. The van der Waals surface area contributed by atoms with E-state index in [4.69, 9.17) is 0 Å². The summed E-state index contributed by atoms with van der Waals surface area (Å²) in [6, 6.07) is 55.3. The van der Waals surface area contributed by atoms with Crippen molar-refractivity contribution in [3.63, 3.8) is 0 Å². The number of allylic oxidation sites excluding steroid dienone is 3. The van der Waals surface area contributed by atoms with E-state index in [0.29, 0.717) is 0 Å². The molecule has 62 heavy (non-hydrogen) atoms. The Labute approximate surface area is 367 Å². The third kappa shape index (κ3) is 5.29. The molecule has 2 nitrogen and oxygen atoms in total. The molecule has 12 rings (SSSR count). The quantitative estimate of drug-likeness (QED) is 0.164. The van der Waals surface area contributed by atoms with E-state index < -0.39 is 0 Å². The van der Waals surface area contributed by atoms with Gasteiger partial charge in [0, 0.05) is 39.0 Å². The molecule has 7 aromatic carbocycles. The molecule has 7 aromatic rings. The lowest BCUT2D eigenvalue weighted by Crippen LogP contribution is -2.30. The van der Waals surface area contributed by atoms with Crippen molar-refractivity contribution in [2.45, 2.75) is 77.0 Å². The van der Waals surface area contributed by atoms with Crippen molar-refractivity contribution in [1.29, 1.82) is 0 Å². The number of anilines is 5. The summed E-state index contributed by atoms with van der Waals surface area (Å²) in [6.45, 7) is 14.3. The first-order valence-corrected chi connectivity index (χ1v) is 22.5. The lowest BCUT2D eigenvalue weighted by molar-refractivity contribution is 0.631. The summed E-state index contributed by atoms with van der Waals surface area (Å²) >= 11 is 0. The van der Waals surface area contributed by atoms with Gasteiger partial charge in [0.15, 0.2) is 0 Å². The molecule has 0 amide bonds. The molecule has 302 valence electrons. The third-order valence-electron chi connectivity index (χ3n) is 15.1. The minimum atomic E-state index is -0.150. The lowest BCUT2D eigenvalue weighted by Gasteiger charge is -2.42. The zero-order valence-corrected chi connectivity index (χ0v) is 36.7. The standard InChI is InChI=1S/C60H52N2/c1-58(2)48-17-9-13-21-56(48)62(57-22-14-10-18-49(57)58)43-28-32-47-45-30-26-39(34-51(45)60(5,6)53(47)37-43)24-23-38-25-29-44-46-31-27-42(36-52(46)59(3,4)50(44)33-38)61-54-19-11-7-15-40(54)35-41-16-8-12-20-55(41)61/h7,9-15,17-34,36-37H,8,16,35H2,1-6H3/b24-23+. The molecule has 0 aromatic heterocycles. The highest BCUT2D eigenvalue weighted by Crippen LogP contribution is 2.56. The fraction of sp³-hybridized carbons (Fsp3) is 0.200. The van der Waals surface area contributed by atoms with Crippen LogP contribution in [0.2, 0.25) is 0 Å². The van der Waals surface area contributed by atoms with Crippen molar-refractivity contribution in [2.75, 3.05) is 9.80 Å². The van der Waals surface area contributed by atoms with Gasteiger partial charge in [0.2, 0.25) is 0 Å². The van der Waals surface area contributed by atoms with Crippen LogP contribution in [0.1, 0.15) is 104 Å². The molecule has 2 heteroatoms. The van der Waals surface area contributed by atoms with Crippen LogP contribution in [0, 0.1) is 0 Å². The normalized spacial score (nSPS) is 17.8. The van der Waals surface area contributed by atoms with Crippen molar-refractivity contribution in [2.24, 2.45) is 0 Å². The Morgan fingerprint density at radius 1 is 0.435 bits per heavy atom. The zero-order chi connectivity index (χ0) is 42.1. The van der Waals surface area contributed by atoms with Crippen molar-refractivity contribution in [1.82, 2.24) is 0 Å². The van der Waals surface area contributed by atoms with E-state index in [9.17, 15) is 0 Å². The van der Waals surface area contributed by atoms with Crippen LogP contribution in [0.15, 0.2) is 169 Å². The van der Waals surface area contributed by atoms with E-state index in [-0.39, 0.29) is 16.2 Å². The number of rotatable bonds is 4. The van der Waals surface area contributed by atoms with E-state index in [1.165, 1.54) is 106 Å². The summed E-state index contributed by atoms with van der Waals surface area (Å²) < 4.78 is 0. The number of para-hydroxylation sites is 3. The first-order chi connectivity index (χ1) is 30.0. The van der Waals surface area contributed by atoms with Gasteiger partial charge in [0.25, 0.3) is 0 Å². The number of nitrogens with zero attached hydrogens (tertiary/aromatic N) is 2. The summed E-state index contributed by atoms with van der Waals surface area (Å²) in [4.78, 5) is 4.99. The van der Waals surface area contributed by atoms with Gasteiger partial charge in [-0.1, -0.05) is 163 Å². The van der Waals surface area contributed by atoms with Crippen LogP contribution >= 0.6 is 0 Å². The first-order valence-electron chi connectivity index (χ1n) is 22.5. The summed E-state index contributed by atoms with van der Waals surface area (Å²) in [5.74, 6) is 0. The largest absolute Gasteiger partial charge is 0.310 e. The Kier molecular flexibility index (Phi) is 7.90. The molecule has 0 unspecified atom stereocenters. The summed E-state index contributed by atoms with van der Waals surface area (Å²) in [6.07, 6.45) is 12.6. The number of hydrogen-bond acceptors (Lipinski definition) is 2. The topological polar surface area (TPSA) is 6.48 Å². The maximum atomic E-state index is 2.51. The van der Waals surface area contributed by atoms with E-state index in [0.717, 1.165) is 19.3 Å². The Bertz CT molecular complexity index is 3100. The fourth-order valence-corrected chi connectivity index (χ4v) is 11.7. The highest BCUT2D eigenvalue weighted by Gasteiger charge is 2.40. The van der Waals surface area contributed by atoms with Crippen molar-refractivity contribution in [3.8, 4) is 22.3 Å². The molecular weight excluding hydrogens is 749 g/mol. The minimum Gasteiger partial charge on any atom is -0.310 e. The van der Waals surface area contributed by atoms with Crippen molar-refractivity contribution >= 4 is 40.6 Å². The van der Waals surface area contributed by atoms with Gasteiger partial charge in [-0.05, 0) is 146 Å². The van der Waals surface area contributed by atoms with Crippen LogP contribution in [-0.4, -0.2) is 0 Å². The lowest BCUT2D eigenvalue weighted by atomic mass is 9.73. The molecule has 0 fully saturated rings. The molecule has 2 aliphatic heterocycles. The second-order valence-corrected chi connectivity index (χ2v) is 19.7. The minimum absolute atomic E-state index is 0.0820. The average molecular weight is 801 g/mol. The van der Waals surface area contributed by atoms with Gasteiger partial charge in [-0.2, -0.15) is 0 Å². The van der Waals surface area contributed by atoms with Crippen LogP contribution in [0.4, 0.5) is 28.4 Å². The molecular formula is C60H52N2. The SMILES string of the molecule is CC1(C)c2cc(/C=C/c3ccc4c(c3)C(C)(C)c3cc(N5c6ccccc6C(C)(C)c6ccccc65)ccc3-4)ccc2-c2ccc(N3C4=C(CCC=C4)Cc4ccccc43)cc21. The second kappa shape index (κ2) is 13.2. The van der Waals surface area contributed by atoms with E-state index in [1.54, 1.807) is 5.57 Å². The van der Waals surface area contributed by atoms with Crippen LogP contribution in [0.25, 0.3) is 34.4 Å². The highest BCUT2D eigenvalue weighted by atomic mass is 15.2. The Morgan fingerprint density at radius 3 is 1.45 bits per heavy atom. The van der Waals surface area contributed by atoms with E-state index >= 15 is 0 Å². The van der Waals surface area contributed by atoms with Crippen molar-refractivity contribution < 1.29 is 0 Å². The predicted octanol–water partition coefficient (Wildman–Crippen LogP) is 15.9. The summed E-state index contributed by atoms with van der Waals surface area (Å²) in [5, 5.41) is 0. The first kappa shape index (κ1) is 37.1. The molecule has 3 aliphatic carbocycles. The maximum Gasteiger partial charge on any atom is 0.0502 e. The van der Waals surface area contributed by atoms with Gasteiger partial charge in [-0.15, -0.1) is 0 Å². The Balaban J connectivity index is 0.846. The van der Waals surface area contributed by atoms with Gasteiger partial charge in [-0.3, -0.25) is 0 Å². The Hall–Kier alpha value is -6.64. The highest BCUT2D eigenvalue weighted by molar-refractivity contribution is 5.91. The van der Waals surface area contributed by atoms with Gasteiger partial charge >= 0.3 is 0 Å². The second-order valence-electron chi connectivity index (χ2n) is 19.7. The zero-order valence-electron chi connectivity index (χ0n) is 36.7. The van der Waals surface area contributed by atoms with E-state index in [1.807, 2.05) is 0 Å². The molecule has 0 spiro atoms. The molecule has 0 saturated heterocycles. The van der Waals surface area contributed by atoms with E-state index in [2.05, 4.69) is 221 Å². The monoisotopic (exact) mass is 800 g/mol. The molecule has 2 heterocycles. The maximum absolute atomic E-state index is 2.51. The molecule has 5 aliphatic rings. The van der Waals surface area contributed by atoms with Crippen molar-refractivity contribution in [3.05, 3.63) is 219 Å². The van der Waals surface area contributed by atoms with Crippen LogP contribution in [-0.2, 0) is 22.7 Å². The number of benzene rings is 7. The summed E-state index contributed by atoms with van der Waals surface area (Å²) in [5.41, 5.74) is 26.4. The number of hydrogen-bond donors (Lipinski definition) is 0. The molecule has 0 radical (unpaired) electrons. The van der Waals surface area contributed by atoms with Gasteiger partial charge in [0.05, 0.1) is 11.4 Å². The molecule has 0 saturated carbocycles. The van der Waals surface area contributed by atoms with Crippen LogP contribution in [0.5, 0.6) is 0 Å². The number of fused-ring (bicyclic) bond motifs is 9. The summed E-state index contributed by atoms with van der Waals surface area (Å²) in [7, 11) is 0. The van der Waals surface area contributed by atoms with Gasteiger partial charge in [-0.25, -0.2) is 0 Å². The third-order valence-corrected chi connectivity index (χ3v) is 15.1. The molecule has 0 atom stereocenters. The Morgan fingerprint density at radius 2 is 0.887 bits per heavy atom. The fourth-order valence-electron chi connectivity index (χ4n) is 11.7. The molecule has 0 bridgehead atoms. The van der Waals surface area contributed by atoms with Crippen LogP contribution < -0.4 is 9.80 Å².